The Morgan fingerprint density at radius 2 is 0.787 bits per heavy atom. The van der Waals surface area contributed by atoms with Gasteiger partial charge in [0.1, 0.15) is 17.9 Å². The first-order chi connectivity index (χ1) is 35.2. The van der Waals surface area contributed by atoms with Crippen molar-refractivity contribution in [2.24, 2.45) is 0 Å². The molecule has 0 bridgehead atoms. The van der Waals surface area contributed by atoms with Gasteiger partial charge in [-0.2, -0.15) is 0 Å². The number of ketones is 1. The van der Waals surface area contributed by atoms with E-state index in [1.54, 1.807) is 85.3 Å². The summed E-state index contributed by atoms with van der Waals surface area (Å²) in [5.41, 5.74) is 6.28. The molecule has 0 fully saturated rings. The lowest BCUT2D eigenvalue weighted by Gasteiger charge is -2.46. The molecular formula is C56H78Cl2N2O15. The molecule has 4 unspecified atom stereocenters. The number of rotatable bonds is 27. The fourth-order valence-corrected chi connectivity index (χ4v) is 11.1. The highest BCUT2D eigenvalue weighted by molar-refractivity contribution is 5.82. The molecule has 17 nitrogen and oxygen atoms in total. The molecule has 75 heavy (non-hydrogen) atoms. The van der Waals surface area contributed by atoms with Crippen molar-refractivity contribution in [1.29, 1.82) is 0 Å². The maximum absolute atomic E-state index is 13.5. The first-order valence-corrected chi connectivity index (χ1v) is 24.8. The third-order valence-corrected chi connectivity index (χ3v) is 15.0. The number of hydrogen-bond acceptors (Lipinski definition) is 15. The monoisotopic (exact) mass is 1090 g/mol. The van der Waals surface area contributed by atoms with Crippen LogP contribution in [-0.2, 0) is 40.0 Å². The van der Waals surface area contributed by atoms with Crippen molar-refractivity contribution in [3.63, 3.8) is 0 Å². The molecule has 0 radical (unpaired) electrons. The number of fused-ring (bicyclic) bond motifs is 2. The highest BCUT2D eigenvalue weighted by Gasteiger charge is 2.45. The fourth-order valence-electron chi connectivity index (χ4n) is 11.1. The molecule has 6 rings (SSSR count). The van der Waals surface area contributed by atoms with Crippen molar-refractivity contribution in [3.8, 4) is 69.0 Å². The van der Waals surface area contributed by atoms with Crippen LogP contribution in [0, 0.1) is 0 Å². The van der Waals surface area contributed by atoms with E-state index in [1.165, 1.54) is 0 Å². The Kier molecular flexibility index (Phi) is 22.8. The van der Waals surface area contributed by atoms with Gasteiger partial charge in [0.05, 0.1) is 150 Å². The number of nitrogens with zero attached hydrogens (tertiary/aromatic N) is 2. The third kappa shape index (κ3) is 13.2. The van der Waals surface area contributed by atoms with E-state index >= 15 is 0 Å². The molecule has 4 atom stereocenters. The normalized spacial score (nSPS) is 18.3. The van der Waals surface area contributed by atoms with Crippen molar-refractivity contribution in [2.45, 2.75) is 69.9 Å². The van der Waals surface area contributed by atoms with E-state index in [2.05, 4.69) is 14.1 Å². The van der Waals surface area contributed by atoms with Gasteiger partial charge >= 0.3 is 5.97 Å². The standard InChI is InChI=1S/C56H78N2O15.2ClH/c1-57(24-20-37-33-46(65-7)53(69-11)55(71-13)49(37)40(57)27-35-29-42(61-3)51(67-9)43(30-35)62-4)22-15-17-39(59)18-19-48(60)73-26-16-23-58(2)25-21-38-34-47(66-8)54(70-12)56(72-14)50(38)41(58)28-36-31-44(63-5)52(68-10)45(32-36)64-6;;/h29-34,40-41H,15-28H2,1-14H3;2*1H/q+2;;/p-2. The molecule has 4 aromatic rings. The van der Waals surface area contributed by atoms with E-state index < -0.39 is 0 Å². The second kappa shape index (κ2) is 27.8. The summed E-state index contributed by atoms with van der Waals surface area (Å²) in [5.74, 6) is 6.47. The van der Waals surface area contributed by atoms with Gasteiger partial charge in [0, 0.05) is 51.4 Å². The summed E-state index contributed by atoms with van der Waals surface area (Å²) in [5, 5.41) is 0. The quantitative estimate of drug-likeness (QED) is 0.0487. The van der Waals surface area contributed by atoms with Gasteiger partial charge in [-0.05, 0) is 58.7 Å². The molecular weight excluding hydrogens is 1010 g/mol. The largest absolute Gasteiger partial charge is 1.00 e. The van der Waals surface area contributed by atoms with Crippen LogP contribution in [0.1, 0.15) is 77.6 Å². The number of carbonyl (C=O) groups excluding carboxylic acids is 2. The van der Waals surface area contributed by atoms with Crippen LogP contribution in [0.5, 0.6) is 69.0 Å². The number of quaternary nitrogens is 2. The predicted molar refractivity (Wildman–Crippen MR) is 276 cm³/mol. The Balaban J connectivity index is 0.00000608. The maximum Gasteiger partial charge on any atom is 0.306 e. The number of ether oxygens (including phenoxy) is 13. The minimum Gasteiger partial charge on any atom is -1.00 e. The molecule has 0 amide bonds. The molecule has 2 heterocycles. The smallest absolute Gasteiger partial charge is 0.306 e. The van der Waals surface area contributed by atoms with Crippen LogP contribution in [0.15, 0.2) is 36.4 Å². The average molecular weight is 1090 g/mol. The zero-order chi connectivity index (χ0) is 53.0. The molecule has 0 aromatic heterocycles. The van der Waals surface area contributed by atoms with Gasteiger partial charge in [0.15, 0.2) is 46.0 Å². The third-order valence-electron chi connectivity index (χ3n) is 15.0. The Morgan fingerprint density at radius 1 is 0.440 bits per heavy atom. The molecule has 0 saturated heterocycles. The zero-order valence-corrected chi connectivity index (χ0v) is 47.8. The van der Waals surface area contributed by atoms with Crippen LogP contribution < -0.4 is 81.7 Å². The lowest BCUT2D eigenvalue weighted by Crippen LogP contribution is -3.00. The number of hydrogen-bond donors (Lipinski definition) is 0. The van der Waals surface area contributed by atoms with E-state index in [0.717, 1.165) is 59.3 Å². The number of carbonyl (C=O) groups is 2. The molecule has 19 heteroatoms. The first-order valence-electron chi connectivity index (χ1n) is 24.8. The van der Waals surface area contributed by atoms with Crippen molar-refractivity contribution in [1.82, 2.24) is 0 Å². The SMILES string of the molecule is COc1cc(CC2c3c(cc(OC)c(OC)c3OC)CC[N+]2(C)CCCOC(=O)CCC(=O)CCC[N+]2(C)CCc3cc(OC)c(OC)c(OC)c3C2Cc2cc(OC)c(OC)c(OC)c2)cc(OC)c1OC.[Cl-].[Cl-]. The van der Waals surface area contributed by atoms with E-state index in [0.29, 0.717) is 123 Å². The van der Waals surface area contributed by atoms with Crippen molar-refractivity contribution in [2.75, 3.05) is 132 Å². The van der Waals surface area contributed by atoms with E-state index in [4.69, 9.17) is 61.6 Å². The van der Waals surface area contributed by atoms with Crippen LogP contribution in [0.2, 0.25) is 0 Å². The summed E-state index contributed by atoms with van der Waals surface area (Å²) < 4.78 is 76.7. The highest BCUT2D eigenvalue weighted by atomic mass is 35.5. The van der Waals surface area contributed by atoms with E-state index in [1.807, 2.05) is 36.4 Å². The minimum atomic E-state index is -0.388. The van der Waals surface area contributed by atoms with Gasteiger partial charge < -0.3 is 95.4 Å². The topological polar surface area (TPSA) is 154 Å². The van der Waals surface area contributed by atoms with Crippen LogP contribution in [0.4, 0.5) is 0 Å². The lowest BCUT2D eigenvalue weighted by atomic mass is 9.85. The fraction of sp³-hybridized carbons (Fsp3) is 0.536. The summed E-state index contributed by atoms with van der Waals surface area (Å²) in [6, 6.07) is 11.8. The zero-order valence-electron chi connectivity index (χ0n) is 46.3. The minimum absolute atomic E-state index is 0. The molecule has 2 aliphatic heterocycles. The molecule has 416 valence electrons. The van der Waals surface area contributed by atoms with Gasteiger partial charge in [-0.1, -0.05) is 0 Å². The number of methoxy groups -OCH3 is 12. The second-order valence-corrected chi connectivity index (χ2v) is 19.0. The molecule has 0 saturated carbocycles. The Hall–Kier alpha value is -5.88. The summed E-state index contributed by atoms with van der Waals surface area (Å²) in [6.07, 6.45) is 4.43. The maximum atomic E-state index is 13.5. The Bertz CT molecular complexity index is 2530. The van der Waals surface area contributed by atoms with E-state index in [9.17, 15) is 9.59 Å². The highest BCUT2D eigenvalue weighted by Crippen LogP contribution is 2.53. The summed E-state index contributed by atoms with van der Waals surface area (Å²) in [7, 11) is 23.8. The lowest BCUT2D eigenvalue weighted by molar-refractivity contribution is -0.941. The van der Waals surface area contributed by atoms with Crippen LogP contribution in [0.3, 0.4) is 0 Å². The predicted octanol–water partition coefficient (Wildman–Crippen LogP) is 2.13. The van der Waals surface area contributed by atoms with Crippen LogP contribution in [-0.4, -0.2) is 153 Å². The second-order valence-electron chi connectivity index (χ2n) is 19.0. The number of Topliss-reactive ketones (excluding diaryl/α,β-unsaturated/α-hetero) is 1. The number of likely N-dealkylation sites (N-methyl/N-ethyl adjacent to an activating group) is 2. The molecule has 4 aromatic carbocycles. The molecule has 2 aliphatic rings. The Labute approximate surface area is 455 Å². The molecule has 0 N–H and O–H groups in total. The van der Waals surface area contributed by atoms with Gasteiger partial charge in [0.2, 0.25) is 23.0 Å². The van der Waals surface area contributed by atoms with Crippen molar-refractivity contribution in [3.05, 3.63) is 69.8 Å². The molecule has 0 aliphatic carbocycles. The van der Waals surface area contributed by atoms with Crippen molar-refractivity contribution >= 4 is 11.8 Å². The number of halogens is 2. The van der Waals surface area contributed by atoms with Gasteiger partial charge in [-0.25, -0.2) is 0 Å². The molecule has 0 spiro atoms. The van der Waals surface area contributed by atoms with Crippen molar-refractivity contribution < 1.29 is 105 Å². The van der Waals surface area contributed by atoms with Gasteiger partial charge in [0.25, 0.3) is 0 Å². The summed E-state index contributed by atoms with van der Waals surface area (Å²) in [4.78, 5) is 26.7. The average Bonchev–Trinajstić information content (AvgIpc) is 3.41. The number of esters is 1. The van der Waals surface area contributed by atoms with Gasteiger partial charge in [-0.3, -0.25) is 9.59 Å². The first kappa shape index (κ1) is 61.7. The summed E-state index contributed by atoms with van der Waals surface area (Å²) >= 11 is 0. The van der Waals surface area contributed by atoms with Gasteiger partial charge in [-0.15, -0.1) is 0 Å². The van der Waals surface area contributed by atoms with Crippen LogP contribution >= 0.6 is 0 Å². The summed E-state index contributed by atoms with van der Waals surface area (Å²) in [6.45, 7) is 3.25. The number of benzene rings is 4. The Morgan fingerprint density at radius 3 is 1.13 bits per heavy atom. The van der Waals surface area contributed by atoms with E-state index in [-0.39, 0.29) is 68.1 Å². The van der Waals surface area contributed by atoms with Crippen LogP contribution in [0.25, 0.3) is 0 Å².